The molecule has 8 nitrogen and oxygen atoms in total. The van der Waals surface area contributed by atoms with E-state index in [2.05, 4.69) is 61.2 Å². The highest BCUT2D eigenvalue weighted by molar-refractivity contribution is 5.76. The third-order valence-corrected chi connectivity index (χ3v) is 6.91. The minimum Gasteiger partial charge on any atom is -0.480 e. The average molecular weight is 470 g/mol. The number of aromatic nitrogens is 2. The Morgan fingerprint density at radius 3 is 2.15 bits per heavy atom. The van der Waals surface area contributed by atoms with Gasteiger partial charge in [-0.05, 0) is 46.2 Å². The standard InChI is InChI=1S/C26H39N5O3/c1-9-28-23-17(12-13-20(18(23)14-27)30(10-2)11-3)21-24(32-6)22(25(21)33-7)19-15-31(16(4)5)29-26(19)34-8/h12-13,15-16,21-22,24-25,28H,9-11H2,1-8H3. The van der Waals surface area contributed by atoms with Crippen LogP contribution in [-0.4, -0.2) is 63.0 Å². The van der Waals surface area contributed by atoms with E-state index in [1.165, 1.54) is 0 Å². The van der Waals surface area contributed by atoms with Gasteiger partial charge in [0, 0.05) is 63.5 Å². The molecule has 2 unspecified atom stereocenters. The molecule has 1 saturated carbocycles. The first-order valence-corrected chi connectivity index (χ1v) is 12.2. The molecular weight excluding hydrogens is 430 g/mol. The Hall–Kier alpha value is -2.76. The van der Waals surface area contributed by atoms with Crippen molar-refractivity contribution in [1.29, 1.82) is 5.26 Å². The number of anilines is 2. The molecular formula is C26H39N5O3. The second kappa shape index (κ2) is 11.1. The van der Waals surface area contributed by atoms with Gasteiger partial charge in [0.25, 0.3) is 0 Å². The van der Waals surface area contributed by atoms with Crippen LogP contribution in [0.1, 0.15) is 69.2 Å². The molecule has 2 atom stereocenters. The minimum absolute atomic E-state index is 0.0371. The highest BCUT2D eigenvalue weighted by Gasteiger charge is 2.55. The molecule has 1 N–H and O–H groups in total. The monoisotopic (exact) mass is 469 g/mol. The van der Waals surface area contributed by atoms with E-state index in [-0.39, 0.29) is 30.1 Å². The molecule has 0 bridgehead atoms. The van der Waals surface area contributed by atoms with Gasteiger partial charge in [-0.25, -0.2) is 0 Å². The first-order valence-electron chi connectivity index (χ1n) is 12.2. The van der Waals surface area contributed by atoms with Gasteiger partial charge in [-0.3, -0.25) is 4.68 Å². The van der Waals surface area contributed by atoms with Gasteiger partial charge < -0.3 is 24.4 Å². The quantitative estimate of drug-likeness (QED) is 0.517. The fourth-order valence-corrected chi connectivity index (χ4v) is 5.20. The highest BCUT2D eigenvalue weighted by Crippen LogP contribution is 2.55. The first kappa shape index (κ1) is 25.9. The molecule has 0 spiro atoms. The fraction of sp³-hybridized carbons (Fsp3) is 0.615. The van der Waals surface area contributed by atoms with E-state index in [9.17, 15) is 5.26 Å². The third kappa shape index (κ3) is 4.35. The number of hydrogen-bond acceptors (Lipinski definition) is 7. The van der Waals surface area contributed by atoms with Crippen LogP contribution in [-0.2, 0) is 9.47 Å². The van der Waals surface area contributed by atoms with E-state index in [0.29, 0.717) is 18.0 Å². The predicted octanol–water partition coefficient (Wildman–Crippen LogP) is 4.53. The molecule has 0 aliphatic heterocycles. The van der Waals surface area contributed by atoms with Crippen molar-refractivity contribution < 1.29 is 14.2 Å². The minimum atomic E-state index is -0.146. The van der Waals surface area contributed by atoms with E-state index in [0.717, 1.165) is 35.6 Å². The molecule has 0 amide bonds. The zero-order valence-electron chi connectivity index (χ0n) is 21.8. The maximum absolute atomic E-state index is 10.2. The summed E-state index contributed by atoms with van der Waals surface area (Å²) >= 11 is 0. The Labute approximate surface area is 203 Å². The smallest absolute Gasteiger partial charge is 0.236 e. The summed E-state index contributed by atoms with van der Waals surface area (Å²) in [6, 6.07) is 6.87. The van der Waals surface area contributed by atoms with Gasteiger partial charge in [0.2, 0.25) is 5.88 Å². The Kier molecular flexibility index (Phi) is 8.45. The lowest BCUT2D eigenvalue weighted by molar-refractivity contribution is -0.116. The Balaban J connectivity index is 2.11. The van der Waals surface area contributed by atoms with Crippen LogP contribution < -0.4 is 15.0 Å². The molecule has 0 saturated heterocycles. The van der Waals surface area contributed by atoms with Crippen LogP contribution in [0.4, 0.5) is 11.4 Å². The predicted molar refractivity (Wildman–Crippen MR) is 135 cm³/mol. The topological polar surface area (TPSA) is 84.6 Å². The molecule has 2 aromatic rings. The highest BCUT2D eigenvalue weighted by atomic mass is 16.5. The Bertz CT molecular complexity index is 997. The Morgan fingerprint density at radius 2 is 1.68 bits per heavy atom. The molecule has 1 heterocycles. The lowest BCUT2D eigenvalue weighted by Gasteiger charge is -2.50. The normalized spacial score (nSPS) is 21.8. The summed E-state index contributed by atoms with van der Waals surface area (Å²) < 4.78 is 19.6. The van der Waals surface area contributed by atoms with Crippen molar-refractivity contribution in [2.75, 3.05) is 51.2 Å². The van der Waals surface area contributed by atoms with Crippen molar-refractivity contribution in [3.63, 3.8) is 0 Å². The maximum atomic E-state index is 10.2. The number of nitrogens with one attached hydrogen (secondary N) is 1. The number of nitriles is 1. The van der Waals surface area contributed by atoms with Crippen molar-refractivity contribution in [1.82, 2.24) is 9.78 Å². The van der Waals surface area contributed by atoms with Crippen molar-refractivity contribution in [3.05, 3.63) is 35.0 Å². The number of hydrogen-bond donors (Lipinski definition) is 1. The average Bonchev–Trinajstić information content (AvgIpc) is 3.25. The summed E-state index contributed by atoms with van der Waals surface area (Å²) in [5.41, 5.74) is 4.51. The second-order valence-electron chi connectivity index (χ2n) is 8.86. The molecule has 1 aromatic heterocycles. The molecule has 8 heteroatoms. The van der Waals surface area contributed by atoms with Gasteiger partial charge in [0.1, 0.15) is 6.07 Å². The van der Waals surface area contributed by atoms with E-state index >= 15 is 0 Å². The summed E-state index contributed by atoms with van der Waals surface area (Å²) in [5, 5.41) is 18.2. The molecule has 0 radical (unpaired) electrons. The van der Waals surface area contributed by atoms with Crippen LogP contribution in [0.5, 0.6) is 5.88 Å². The van der Waals surface area contributed by atoms with Crippen molar-refractivity contribution in [2.24, 2.45) is 0 Å². The third-order valence-electron chi connectivity index (χ3n) is 6.91. The molecule has 3 rings (SSSR count). The maximum Gasteiger partial charge on any atom is 0.236 e. The number of benzene rings is 1. The van der Waals surface area contributed by atoms with Gasteiger partial charge in [-0.1, -0.05) is 6.07 Å². The van der Waals surface area contributed by atoms with E-state index < -0.39 is 0 Å². The van der Waals surface area contributed by atoms with Crippen LogP contribution >= 0.6 is 0 Å². The summed E-state index contributed by atoms with van der Waals surface area (Å²) in [4.78, 5) is 2.21. The zero-order valence-corrected chi connectivity index (χ0v) is 21.8. The molecule has 1 aromatic carbocycles. The molecule has 186 valence electrons. The van der Waals surface area contributed by atoms with Crippen LogP contribution in [0.3, 0.4) is 0 Å². The number of ether oxygens (including phenoxy) is 3. The van der Waals surface area contributed by atoms with E-state index in [4.69, 9.17) is 14.2 Å². The molecule has 1 aliphatic carbocycles. The lowest BCUT2D eigenvalue weighted by Crippen LogP contribution is -2.53. The zero-order chi connectivity index (χ0) is 25.0. The van der Waals surface area contributed by atoms with Gasteiger partial charge >= 0.3 is 0 Å². The van der Waals surface area contributed by atoms with Crippen molar-refractivity contribution in [2.45, 2.75) is 64.7 Å². The largest absolute Gasteiger partial charge is 0.480 e. The Morgan fingerprint density at radius 1 is 1.06 bits per heavy atom. The number of rotatable bonds is 11. The van der Waals surface area contributed by atoms with Gasteiger partial charge in [-0.15, -0.1) is 5.10 Å². The van der Waals surface area contributed by atoms with Crippen molar-refractivity contribution in [3.8, 4) is 11.9 Å². The lowest BCUT2D eigenvalue weighted by atomic mass is 9.62. The SMILES string of the molecule is CCNc1c(C2C(OC)C(c3cn(C(C)C)nc3OC)C2OC)ccc(N(CC)CC)c1C#N. The van der Waals surface area contributed by atoms with Crippen LogP contribution in [0, 0.1) is 11.3 Å². The van der Waals surface area contributed by atoms with Crippen LogP contribution in [0.15, 0.2) is 18.3 Å². The number of methoxy groups -OCH3 is 3. The molecule has 34 heavy (non-hydrogen) atoms. The van der Waals surface area contributed by atoms with Crippen LogP contribution in [0.25, 0.3) is 0 Å². The van der Waals surface area contributed by atoms with Gasteiger partial charge in [-0.2, -0.15) is 5.26 Å². The summed E-state index contributed by atoms with van der Waals surface area (Å²) in [6.07, 6.45) is 1.75. The van der Waals surface area contributed by atoms with Crippen LogP contribution in [0.2, 0.25) is 0 Å². The summed E-state index contributed by atoms with van der Waals surface area (Å²) in [6.45, 7) is 12.8. The molecule has 1 aliphatic rings. The summed E-state index contributed by atoms with van der Waals surface area (Å²) in [5.74, 6) is 0.520. The van der Waals surface area contributed by atoms with Gasteiger partial charge in [0.05, 0.1) is 36.3 Å². The van der Waals surface area contributed by atoms with Crippen molar-refractivity contribution >= 4 is 11.4 Å². The summed E-state index contributed by atoms with van der Waals surface area (Å²) in [7, 11) is 5.11. The first-order chi connectivity index (χ1) is 16.4. The van der Waals surface area contributed by atoms with E-state index in [1.807, 2.05) is 17.8 Å². The molecule has 1 fully saturated rings. The second-order valence-corrected chi connectivity index (χ2v) is 8.86. The van der Waals surface area contributed by atoms with E-state index in [1.54, 1.807) is 21.3 Å². The fourth-order valence-electron chi connectivity index (χ4n) is 5.20. The van der Waals surface area contributed by atoms with Gasteiger partial charge in [0.15, 0.2) is 0 Å². The number of nitrogens with zero attached hydrogens (tertiary/aromatic N) is 4.